The number of hydrogen-bond acceptors (Lipinski definition) is 5. The molecule has 1 atom stereocenters. The van der Waals surface area contributed by atoms with E-state index in [0.29, 0.717) is 24.2 Å². The normalized spacial score (nSPS) is 16.8. The first-order valence-electron chi connectivity index (χ1n) is 7.94. The van der Waals surface area contributed by atoms with Gasteiger partial charge in [-0.3, -0.25) is 4.90 Å². The molecule has 1 aliphatic rings. The topological polar surface area (TPSA) is 54.0 Å². The second-order valence-corrected chi connectivity index (χ2v) is 5.62. The van der Waals surface area contributed by atoms with Crippen LogP contribution in [0.5, 0.6) is 11.5 Å². The highest BCUT2D eigenvalue weighted by Crippen LogP contribution is 2.36. The number of halogens is 4. The molecular formula is C16H24ClF3N2O3. The summed E-state index contributed by atoms with van der Waals surface area (Å²) in [6, 6.07) is 3.99. The molecule has 1 fully saturated rings. The molecule has 5 nitrogen and oxygen atoms in total. The van der Waals surface area contributed by atoms with Gasteiger partial charge in [0.25, 0.3) is 0 Å². The summed E-state index contributed by atoms with van der Waals surface area (Å²) in [5, 5.41) is 12.4. The van der Waals surface area contributed by atoms with Gasteiger partial charge in [-0.25, -0.2) is 0 Å². The zero-order chi connectivity index (χ0) is 17.6. The lowest BCUT2D eigenvalue weighted by Crippen LogP contribution is -2.45. The van der Waals surface area contributed by atoms with Gasteiger partial charge in [0.2, 0.25) is 0 Å². The summed E-state index contributed by atoms with van der Waals surface area (Å²) in [5.74, 6) is 0.258. The van der Waals surface area contributed by atoms with Gasteiger partial charge in [0.05, 0.1) is 7.11 Å². The predicted molar refractivity (Wildman–Crippen MR) is 90.4 cm³/mol. The third-order valence-electron chi connectivity index (χ3n) is 4.02. The highest BCUT2D eigenvalue weighted by Gasteiger charge is 2.32. The number of benzene rings is 1. The Labute approximate surface area is 151 Å². The van der Waals surface area contributed by atoms with E-state index >= 15 is 0 Å². The number of methoxy groups -OCH3 is 1. The molecule has 9 heteroatoms. The number of piperazine rings is 1. The van der Waals surface area contributed by atoms with E-state index in [1.54, 1.807) is 0 Å². The van der Waals surface area contributed by atoms with Crippen molar-refractivity contribution in [2.45, 2.75) is 25.2 Å². The van der Waals surface area contributed by atoms with Crippen LogP contribution in [0.1, 0.15) is 24.4 Å². The van der Waals surface area contributed by atoms with Crippen molar-refractivity contribution in [3.8, 4) is 11.5 Å². The van der Waals surface area contributed by atoms with Gasteiger partial charge in [-0.05, 0) is 31.0 Å². The number of nitrogens with zero attached hydrogens (tertiary/aromatic N) is 1. The number of hydrogen-bond donors (Lipinski definition) is 2. The van der Waals surface area contributed by atoms with E-state index in [4.69, 9.17) is 9.84 Å². The average Bonchev–Trinajstić information content (AvgIpc) is 2.55. The lowest BCUT2D eigenvalue weighted by Gasteiger charge is -2.36. The van der Waals surface area contributed by atoms with Crippen molar-refractivity contribution in [1.82, 2.24) is 10.2 Å². The molecule has 0 spiro atoms. The highest BCUT2D eigenvalue weighted by atomic mass is 35.5. The molecule has 1 aromatic carbocycles. The molecule has 144 valence electrons. The van der Waals surface area contributed by atoms with Crippen molar-refractivity contribution in [3.63, 3.8) is 0 Å². The smallest absolute Gasteiger partial charge is 0.496 e. The Morgan fingerprint density at radius 2 is 1.96 bits per heavy atom. The van der Waals surface area contributed by atoms with E-state index in [0.717, 1.165) is 26.2 Å². The fourth-order valence-electron chi connectivity index (χ4n) is 2.98. The van der Waals surface area contributed by atoms with E-state index in [9.17, 15) is 13.2 Å². The average molecular weight is 385 g/mol. The molecule has 0 saturated carbocycles. The molecule has 0 amide bonds. The molecule has 25 heavy (non-hydrogen) atoms. The zero-order valence-electron chi connectivity index (χ0n) is 14.0. The summed E-state index contributed by atoms with van der Waals surface area (Å²) in [6.45, 7) is 3.23. The standard InChI is InChI=1S/C16H23F3N2O3.ClH/c1-23-15-5-4-12(24-16(17,18)19)11-13(15)14(3-2-10-22)21-8-6-20-7-9-21;/h4-5,11,14,20,22H,2-3,6-10H2,1H3;1H/t14-;/m1./s1. The third kappa shape index (κ3) is 6.54. The lowest BCUT2D eigenvalue weighted by atomic mass is 9.98. The van der Waals surface area contributed by atoms with Gasteiger partial charge in [0.1, 0.15) is 11.5 Å². The molecule has 1 aromatic rings. The minimum Gasteiger partial charge on any atom is -0.496 e. The van der Waals surface area contributed by atoms with Crippen LogP contribution in [-0.2, 0) is 0 Å². The summed E-state index contributed by atoms with van der Waals surface area (Å²) >= 11 is 0. The van der Waals surface area contributed by atoms with Gasteiger partial charge < -0.3 is 19.9 Å². The number of alkyl halides is 3. The van der Waals surface area contributed by atoms with Gasteiger partial charge in [-0.1, -0.05) is 0 Å². The Balaban J connectivity index is 0.00000312. The Kier molecular flexibility index (Phi) is 8.78. The van der Waals surface area contributed by atoms with Crippen LogP contribution in [0, 0.1) is 0 Å². The molecule has 0 bridgehead atoms. The number of aliphatic hydroxyl groups is 1. The molecule has 0 aliphatic carbocycles. The molecule has 1 aliphatic heterocycles. The van der Waals surface area contributed by atoms with Crippen LogP contribution in [0.15, 0.2) is 18.2 Å². The van der Waals surface area contributed by atoms with Crippen LogP contribution in [0.4, 0.5) is 13.2 Å². The van der Waals surface area contributed by atoms with Gasteiger partial charge in [-0.2, -0.15) is 0 Å². The SMILES string of the molecule is COc1ccc(OC(F)(F)F)cc1[C@@H](CCCO)N1CCNCC1.Cl. The summed E-state index contributed by atoms with van der Waals surface area (Å²) in [6.07, 6.45) is -3.55. The molecule has 0 aromatic heterocycles. The maximum Gasteiger partial charge on any atom is 0.573 e. The minimum absolute atomic E-state index is 0. The van der Waals surface area contributed by atoms with E-state index in [1.165, 1.54) is 25.3 Å². The predicted octanol–water partition coefficient (Wildman–Crippen LogP) is 2.73. The largest absolute Gasteiger partial charge is 0.573 e. The Hall–Kier alpha value is -1.22. The van der Waals surface area contributed by atoms with E-state index in [-0.39, 0.29) is 30.8 Å². The van der Waals surface area contributed by atoms with Gasteiger partial charge in [0.15, 0.2) is 0 Å². The molecular weight excluding hydrogens is 361 g/mol. The summed E-state index contributed by atoms with van der Waals surface area (Å²) < 4.78 is 46.9. The Morgan fingerprint density at radius 3 is 2.52 bits per heavy atom. The van der Waals surface area contributed by atoms with Crippen LogP contribution >= 0.6 is 12.4 Å². The minimum atomic E-state index is -4.73. The Bertz CT molecular complexity index is 526. The third-order valence-corrected chi connectivity index (χ3v) is 4.02. The van der Waals surface area contributed by atoms with Crippen molar-refractivity contribution in [1.29, 1.82) is 0 Å². The number of aliphatic hydroxyl groups excluding tert-OH is 1. The number of rotatable bonds is 7. The van der Waals surface area contributed by atoms with E-state index in [2.05, 4.69) is 15.0 Å². The fraction of sp³-hybridized carbons (Fsp3) is 0.625. The first kappa shape index (κ1) is 21.8. The van der Waals surface area contributed by atoms with Crippen LogP contribution in [0.25, 0.3) is 0 Å². The van der Waals surface area contributed by atoms with Gasteiger partial charge in [-0.15, -0.1) is 25.6 Å². The highest BCUT2D eigenvalue weighted by molar-refractivity contribution is 5.85. The quantitative estimate of drug-likeness (QED) is 0.757. The summed E-state index contributed by atoms with van der Waals surface area (Å²) in [4.78, 5) is 2.20. The van der Waals surface area contributed by atoms with Crippen LogP contribution in [0.3, 0.4) is 0 Å². The van der Waals surface area contributed by atoms with E-state index in [1.807, 2.05) is 0 Å². The monoisotopic (exact) mass is 384 g/mol. The molecule has 0 radical (unpaired) electrons. The molecule has 2 N–H and O–H groups in total. The first-order chi connectivity index (χ1) is 11.4. The van der Waals surface area contributed by atoms with Crippen LogP contribution < -0.4 is 14.8 Å². The second kappa shape index (κ2) is 10.1. The van der Waals surface area contributed by atoms with Gasteiger partial charge >= 0.3 is 6.36 Å². The Morgan fingerprint density at radius 1 is 1.28 bits per heavy atom. The number of ether oxygens (including phenoxy) is 2. The summed E-state index contributed by atoms with van der Waals surface area (Å²) in [5.41, 5.74) is 0.648. The molecule has 1 saturated heterocycles. The van der Waals surface area contributed by atoms with Crippen molar-refractivity contribution in [2.24, 2.45) is 0 Å². The molecule has 1 heterocycles. The number of nitrogens with one attached hydrogen (secondary N) is 1. The van der Waals surface area contributed by atoms with Gasteiger partial charge in [0, 0.05) is 44.4 Å². The molecule has 0 unspecified atom stereocenters. The first-order valence-corrected chi connectivity index (χ1v) is 7.94. The van der Waals surface area contributed by atoms with E-state index < -0.39 is 6.36 Å². The fourth-order valence-corrected chi connectivity index (χ4v) is 2.98. The van der Waals surface area contributed by atoms with Crippen molar-refractivity contribution >= 4 is 12.4 Å². The van der Waals surface area contributed by atoms with Crippen LogP contribution in [0.2, 0.25) is 0 Å². The van der Waals surface area contributed by atoms with Crippen molar-refractivity contribution in [2.75, 3.05) is 39.9 Å². The van der Waals surface area contributed by atoms with Crippen LogP contribution in [-0.4, -0.2) is 56.3 Å². The summed E-state index contributed by atoms with van der Waals surface area (Å²) in [7, 11) is 1.49. The lowest BCUT2D eigenvalue weighted by molar-refractivity contribution is -0.274. The van der Waals surface area contributed by atoms with Crippen molar-refractivity contribution < 1.29 is 27.8 Å². The molecule has 2 rings (SSSR count). The zero-order valence-corrected chi connectivity index (χ0v) is 14.8. The maximum atomic E-state index is 12.5. The van der Waals surface area contributed by atoms with Crippen molar-refractivity contribution in [3.05, 3.63) is 23.8 Å². The second-order valence-electron chi connectivity index (χ2n) is 5.62. The maximum absolute atomic E-state index is 12.5.